The topological polar surface area (TPSA) is 294 Å². The summed E-state index contributed by atoms with van der Waals surface area (Å²) in [5, 5.41) is 23.1. The summed E-state index contributed by atoms with van der Waals surface area (Å²) < 4.78 is 52.9. The number of aliphatic hydroxyl groups excluding tert-OH is 2. The number of nitrogens with zero attached hydrogens (tertiary/aromatic N) is 7. The van der Waals surface area contributed by atoms with E-state index in [-0.39, 0.29) is 88.5 Å². The van der Waals surface area contributed by atoms with Crippen molar-refractivity contribution in [1.82, 2.24) is 39.0 Å². The van der Waals surface area contributed by atoms with Crippen molar-refractivity contribution in [3.8, 4) is 0 Å². The minimum absolute atomic E-state index is 0. The zero-order valence-corrected chi connectivity index (χ0v) is 32.5. The summed E-state index contributed by atoms with van der Waals surface area (Å²) in [5.74, 6) is -0.994. The van der Waals surface area contributed by atoms with Crippen LogP contribution < -0.4 is 81.0 Å². The van der Waals surface area contributed by atoms with Crippen LogP contribution in [-0.4, -0.2) is 86.9 Å². The normalized spacial score (nSPS) is 42.4. The van der Waals surface area contributed by atoms with Crippen LogP contribution in [0.25, 0.3) is 22.3 Å². The summed E-state index contributed by atoms with van der Waals surface area (Å²) in [6, 6.07) is -1.63. The zero-order chi connectivity index (χ0) is 32.8. The minimum Gasteiger partial charge on any atom is -0.756 e. The van der Waals surface area contributed by atoms with Crippen LogP contribution in [0.15, 0.2) is 23.8 Å². The second-order valence-corrected chi connectivity index (χ2v) is 17.0. The van der Waals surface area contributed by atoms with Crippen LogP contribution in [0.3, 0.4) is 0 Å². The Balaban J connectivity index is 0.00000189. The summed E-state index contributed by atoms with van der Waals surface area (Å²) >= 11 is 5.31. The van der Waals surface area contributed by atoms with Crippen LogP contribution in [0.2, 0.25) is 0 Å². The van der Waals surface area contributed by atoms with E-state index < -0.39 is 92.6 Å². The van der Waals surface area contributed by atoms with Crippen molar-refractivity contribution >= 4 is 61.0 Å². The molecular weight excluding hydrogens is 728 g/mol. The maximum atomic E-state index is 13.8. The van der Waals surface area contributed by atoms with Gasteiger partial charge in [0.2, 0.25) is 5.95 Å². The predicted octanol–water partition coefficient (Wildman–Crippen LogP) is -7.08. The summed E-state index contributed by atoms with van der Waals surface area (Å²) in [7, 11) is -5.14. The van der Waals surface area contributed by atoms with E-state index in [1.807, 2.05) is 0 Å². The molecule has 7 N–H and O–H groups in total. The molecule has 12 atom stereocenters. The molecule has 5 fully saturated rings. The molecule has 0 aromatic carbocycles. The van der Waals surface area contributed by atoms with Gasteiger partial charge >= 0.3 is 59.1 Å². The van der Waals surface area contributed by atoms with Crippen molar-refractivity contribution in [3.05, 3.63) is 29.3 Å². The number of hydrogen-bond acceptors (Lipinski definition) is 18. The monoisotopic (exact) mass is 754 g/mol. The van der Waals surface area contributed by atoms with Crippen LogP contribution in [-0.2, 0) is 39.5 Å². The standard InChI is InChI=1S/C24H28N10O10P2S.2Na/c25-18-10-19(28-5-27-18)33(6-29-10)12-8-1-23(8)3-41-45(38,39)43-16-14(35)13(34-7-30-11-20(34)31-22(26)32-21(11)37)9-2-24(9,16)4-42-46(40,47)44-17(23)15(12)36;;/h5-9,12-17,35-36H,1-4H2,(H,38,39)(H,40,47)(H2,25,27,28)(H3,26,31,32,37);;/q;2*+1/p-2/t8-,9-,12-,13-,14+,15+,16+,17+,23?,24?,46?;;/m1../s1. The maximum absolute atomic E-state index is 13.8. The SMILES string of the molecule is Nc1nc2c(ncn2[C@H]2[C@H](O)[C@@H]3OP(=O)([O-])OCC45C[C@@H]4[C@@H](n4cnc6c(N)ncnc64)[C@H](O)[C@@H]5OP(=O)([S-])OCC34C[C@H]24)c(=O)[nH]1.[Na+].[Na+]. The number of anilines is 2. The summed E-state index contributed by atoms with van der Waals surface area (Å²) in [6.45, 7) is -5.27. The molecule has 0 radical (unpaired) electrons. The number of phosphoric acid groups is 1. The van der Waals surface area contributed by atoms with Gasteiger partial charge in [0.05, 0.1) is 38.0 Å². The number of rotatable bonds is 2. The molecule has 4 aromatic heterocycles. The van der Waals surface area contributed by atoms with Gasteiger partial charge in [-0.15, -0.1) is 0 Å². The van der Waals surface area contributed by atoms with Gasteiger partial charge in [-0.25, -0.2) is 19.9 Å². The molecule has 4 aliphatic carbocycles. The van der Waals surface area contributed by atoms with Gasteiger partial charge in [-0.1, -0.05) is 0 Å². The van der Waals surface area contributed by atoms with Crippen LogP contribution in [0.4, 0.5) is 11.8 Å². The molecule has 4 aromatic rings. The van der Waals surface area contributed by atoms with E-state index in [0.29, 0.717) is 17.6 Å². The molecule has 0 amide bonds. The maximum Gasteiger partial charge on any atom is 1.00 e. The van der Waals surface area contributed by atoms with Crippen LogP contribution in [0, 0.1) is 22.7 Å². The largest absolute Gasteiger partial charge is 1.00 e. The van der Waals surface area contributed by atoms with Gasteiger partial charge in [0.15, 0.2) is 29.4 Å². The quantitative estimate of drug-likeness (QED) is 0.0722. The van der Waals surface area contributed by atoms with E-state index >= 15 is 0 Å². The third-order valence-electron chi connectivity index (χ3n) is 10.6. The first-order chi connectivity index (χ1) is 22.3. The number of aromatic nitrogens is 8. The van der Waals surface area contributed by atoms with Gasteiger partial charge in [-0.2, -0.15) is 4.98 Å². The Morgan fingerprint density at radius 1 is 0.898 bits per heavy atom. The van der Waals surface area contributed by atoms with Gasteiger partial charge in [-0.3, -0.25) is 18.9 Å². The number of hydrogen-bond donors (Lipinski definition) is 5. The zero-order valence-electron chi connectivity index (χ0n) is 25.9. The van der Waals surface area contributed by atoms with Crippen molar-refractivity contribution in [2.24, 2.45) is 22.7 Å². The Labute approximate surface area is 325 Å². The Morgan fingerprint density at radius 2 is 1.47 bits per heavy atom. The second-order valence-electron chi connectivity index (χ2n) is 12.9. The van der Waals surface area contributed by atoms with Gasteiger partial charge in [-0.05, 0) is 24.7 Å². The Hall–Kier alpha value is -0.970. The van der Waals surface area contributed by atoms with Gasteiger partial charge in [0.1, 0.15) is 36.3 Å². The summed E-state index contributed by atoms with van der Waals surface area (Å²) in [4.78, 5) is 48.9. The molecule has 0 bridgehead atoms. The molecule has 4 saturated carbocycles. The molecule has 20 nitrogen and oxygen atoms in total. The van der Waals surface area contributed by atoms with Gasteiger partial charge in [0, 0.05) is 10.8 Å². The number of nitrogen functional groups attached to an aromatic ring is 2. The molecule has 5 heterocycles. The molecule has 4 unspecified atom stereocenters. The van der Waals surface area contributed by atoms with E-state index in [0.717, 1.165) is 0 Å². The number of fused-ring (bicyclic) bond motifs is 2. The number of H-pyrrole nitrogens is 1. The summed E-state index contributed by atoms with van der Waals surface area (Å²) in [5.41, 5.74) is 9.44. The molecule has 9 rings (SSSR count). The number of imidazole rings is 2. The molecule has 25 heteroatoms. The average molecular weight is 755 g/mol. The summed E-state index contributed by atoms with van der Waals surface area (Å²) in [6.07, 6.45) is -0.970. The number of aliphatic hydroxyl groups is 2. The molecule has 250 valence electrons. The Bertz CT molecular complexity index is 2160. The van der Waals surface area contributed by atoms with Gasteiger partial charge < -0.3 is 66.1 Å². The number of nitrogens with one attached hydrogen (secondary N) is 1. The molecule has 1 saturated heterocycles. The van der Waals surface area contributed by atoms with Crippen LogP contribution >= 0.6 is 14.6 Å². The minimum atomic E-state index is -5.14. The Morgan fingerprint density at radius 3 is 2.12 bits per heavy atom. The number of nitrogens with two attached hydrogens (primary N) is 2. The van der Waals surface area contributed by atoms with E-state index in [9.17, 15) is 29.0 Å². The van der Waals surface area contributed by atoms with Crippen molar-refractivity contribution in [2.45, 2.75) is 49.3 Å². The Kier molecular flexibility index (Phi) is 8.93. The first-order valence-electron chi connectivity index (χ1n) is 14.5. The fourth-order valence-electron chi connectivity index (χ4n) is 8.33. The van der Waals surface area contributed by atoms with Crippen molar-refractivity contribution in [2.75, 3.05) is 24.7 Å². The van der Waals surface area contributed by atoms with Crippen LogP contribution in [0.5, 0.6) is 0 Å². The van der Waals surface area contributed by atoms with E-state index in [2.05, 4.69) is 29.9 Å². The number of phosphoric ester groups is 1. The smallest absolute Gasteiger partial charge is 0.756 e. The molecule has 49 heavy (non-hydrogen) atoms. The predicted molar refractivity (Wildman–Crippen MR) is 158 cm³/mol. The van der Waals surface area contributed by atoms with Gasteiger partial charge in [0.25, 0.3) is 13.4 Å². The average Bonchev–Trinajstić information content (AvgIpc) is 3.71. The van der Waals surface area contributed by atoms with Crippen molar-refractivity contribution < 1.29 is 101 Å². The fourth-order valence-corrected chi connectivity index (χ4v) is 10.9. The third-order valence-corrected chi connectivity index (χ3v) is 13.0. The molecule has 2 spiro atoms. The first kappa shape index (κ1) is 36.4. The van der Waals surface area contributed by atoms with E-state index in [4.69, 9.17) is 41.8 Å². The second kappa shape index (κ2) is 12.0. The molecular formula is C24H26N10Na2O10P2S. The third kappa shape index (κ3) is 5.39. The van der Waals surface area contributed by atoms with Crippen LogP contribution in [0.1, 0.15) is 24.9 Å². The fraction of sp³-hybridized carbons (Fsp3) is 0.583. The number of aromatic amines is 1. The first-order valence-corrected chi connectivity index (χ1v) is 18.6. The van der Waals surface area contributed by atoms with E-state index in [1.165, 1.54) is 23.5 Å². The van der Waals surface area contributed by atoms with E-state index in [1.54, 1.807) is 4.57 Å². The van der Waals surface area contributed by atoms with Crippen molar-refractivity contribution in [1.29, 1.82) is 0 Å². The molecule has 1 aliphatic heterocycles. The molecule has 5 aliphatic rings. The van der Waals surface area contributed by atoms with Crippen molar-refractivity contribution in [3.63, 3.8) is 0 Å².